The first-order valence-corrected chi connectivity index (χ1v) is 8.46. The number of aromatic nitrogens is 1. The molecule has 0 aliphatic carbocycles. The summed E-state index contributed by atoms with van der Waals surface area (Å²) < 4.78 is 29.7. The normalized spacial score (nSPS) is 19.5. The lowest BCUT2D eigenvalue weighted by Gasteiger charge is -2.10. The monoisotopic (exact) mass is 320 g/mol. The Morgan fingerprint density at radius 2 is 2.14 bits per heavy atom. The minimum absolute atomic E-state index is 0.0868. The Balaban J connectivity index is 1.88. The zero-order valence-corrected chi connectivity index (χ0v) is 13.1. The molecule has 0 saturated carbocycles. The highest BCUT2D eigenvalue weighted by Crippen LogP contribution is 2.24. The van der Waals surface area contributed by atoms with E-state index in [2.05, 4.69) is 5.32 Å². The summed E-state index contributed by atoms with van der Waals surface area (Å²) in [6, 6.07) is 6.86. The molecule has 6 nitrogen and oxygen atoms in total. The van der Waals surface area contributed by atoms with Crippen molar-refractivity contribution in [3.05, 3.63) is 41.4 Å². The summed E-state index contributed by atoms with van der Waals surface area (Å²) in [7, 11) is 0.192. The lowest BCUT2D eigenvalue weighted by Crippen LogP contribution is -2.36. The topological polar surface area (TPSA) is 77.4 Å². The Hall–Kier alpha value is -2.28. The third kappa shape index (κ3) is 2.59. The van der Waals surface area contributed by atoms with Gasteiger partial charge in [-0.25, -0.2) is 8.42 Å². The zero-order chi connectivity index (χ0) is 15.9. The first-order valence-electron chi connectivity index (χ1n) is 6.75. The second kappa shape index (κ2) is 5.17. The highest BCUT2D eigenvalue weighted by atomic mass is 32.2. The molecule has 1 aromatic heterocycles. The Kier molecular flexibility index (Phi) is 3.44. The Bertz CT molecular complexity index is 880. The average Bonchev–Trinajstić information content (AvgIpc) is 2.98. The molecule has 2 aromatic rings. The molecule has 2 heterocycles. The zero-order valence-electron chi connectivity index (χ0n) is 12.2. The Labute approximate surface area is 128 Å². The van der Waals surface area contributed by atoms with Gasteiger partial charge in [0.2, 0.25) is 0 Å². The number of nitrogens with zero attached hydrogens (tertiary/aromatic N) is 1. The van der Waals surface area contributed by atoms with Gasteiger partial charge in [-0.3, -0.25) is 4.79 Å². The Morgan fingerprint density at radius 3 is 2.77 bits per heavy atom. The average molecular weight is 320 g/mol. The van der Waals surface area contributed by atoms with Crippen LogP contribution < -0.4 is 10.1 Å². The number of nitrogens with one attached hydrogen (secondary N) is 1. The molecule has 1 aliphatic heterocycles. The molecule has 1 N–H and O–H groups in total. The van der Waals surface area contributed by atoms with E-state index in [1.807, 2.05) is 18.2 Å². The standard InChI is InChI=1S/C15H16N2O4S/c1-17-13-8-12(21-2)4-3-10(13)7-14(17)15(18)16-11-5-6-22(19,20)9-11/h3-8,11H,9H2,1-2H3,(H,16,18)/t11-/m1/s1. The lowest BCUT2D eigenvalue weighted by molar-refractivity contribution is 0.0940. The molecule has 0 radical (unpaired) electrons. The van der Waals surface area contributed by atoms with Gasteiger partial charge in [-0.15, -0.1) is 0 Å². The molecule has 0 spiro atoms. The Morgan fingerprint density at radius 1 is 1.36 bits per heavy atom. The number of amides is 1. The molecule has 1 aliphatic rings. The molecule has 116 valence electrons. The lowest BCUT2D eigenvalue weighted by atomic mass is 10.2. The van der Waals surface area contributed by atoms with Crippen molar-refractivity contribution in [1.29, 1.82) is 0 Å². The van der Waals surface area contributed by atoms with Crippen LogP contribution in [-0.4, -0.2) is 37.8 Å². The summed E-state index contributed by atoms with van der Waals surface area (Å²) in [4.78, 5) is 12.4. The number of ether oxygens (including phenoxy) is 1. The van der Waals surface area contributed by atoms with E-state index in [4.69, 9.17) is 4.74 Å². The van der Waals surface area contributed by atoms with Crippen molar-refractivity contribution in [1.82, 2.24) is 9.88 Å². The molecule has 7 heteroatoms. The molecule has 3 rings (SSSR count). The number of carbonyl (C=O) groups is 1. The third-order valence-corrected chi connectivity index (χ3v) is 5.13. The maximum atomic E-state index is 12.4. The number of hydrogen-bond donors (Lipinski definition) is 1. The summed E-state index contributed by atoms with van der Waals surface area (Å²) in [6.45, 7) is 0. The summed E-state index contributed by atoms with van der Waals surface area (Å²) >= 11 is 0. The van der Waals surface area contributed by atoms with Crippen molar-refractivity contribution in [2.45, 2.75) is 6.04 Å². The molecule has 1 amide bonds. The third-order valence-electron chi connectivity index (χ3n) is 3.73. The number of aryl methyl sites for hydroxylation is 1. The highest BCUT2D eigenvalue weighted by Gasteiger charge is 2.24. The van der Waals surface area contributed by atoms with Gasteiger partial charge in [-0.2, -0.15) is 0 Å². The smallest absolute Gasteiger partial charge is 0.268 e. The van der Waals surface area contributed by atoms with E-state index in [0.717, 1.165) is 16.3 Å². The molecular weight excluding hydrogens is 304 g/mol. The second-order valence-electron chi connectivity index (χ2n) is 5.25. The molecule has 0 fully saturated rings. The van der Waals surface area contributed by atoms with Gasteiger partial charge in [0, 0.05) is 23.9 Å². The van der Waals surface area contributed by atoms with E-state index in [9.17, 15) is 13.2 Å². The van der Waals surface area contributed by atoms with E-state index < -0.39 is 15.9 Å². The van der Waals surface area contributed by atoms with Crippen LogP contribution in [0.25, 0.3) is 10.9 Å². The number of methoxy groups -OCH3 is 1. The number of rotatable bonds is 3. The molecule has 1 aromatic carbocycles. The van der Waals surface area contributed by atoms with Gasteiger partial charge < -0.3 is 14.6 Å². The van der Waals surface area contributed by atoms with Crippen LogP contribution in [0.4, 0.5) is 0 Å². The summed E-state index contributed by atoms with van der Waals surface area (Å²) in [5.74, 6) is 0.325. The maximum absolute atomic E-state index is 12.4. The summed E-state index contributed by atoms with van der Waals surface area (Å²) in [6.07, 6.45) is 1.50. The van der Waals surface area contributed by atoms with Crippen LogP contribution in [-0.2, 0) is 16.9 Å². The van der Waals surface area contributed by atoms with Crippen molar-refractivity contribution >= 4 is 26.6 Å². The number of benzene rings is 1. The fourth-order valence-corrected chi connectivity index (χ4v) is 3.80. The first kappa shape index (κ1) is 14.6. The van der Waals surface area contributed by atoms with Crippen molar-refractivity contribution < 1.29 is 17.9 Å². The van der Waals surface area contributed by atoms with Gasteiger partial charge in [-0.05, 0) is 24.3 Å². The molecule has 0 saturated heterocycles. The van der Waals surface area contributed by atoms with Crippen LogP contribution in [0.2, 0.25) is 0 Å². The SMILES string of the molecule is COc1ccc2cc(C(=O)N[C@@H]3C=CS(=O)(=O)C3)n(C)c2c1. The molecule has 22 heavy (non-hydrogen) atoms. The van der Waals surface area contributed by atoms with Crippen molar-refractivity contribution in [2.75, 3.05) is 12.9 Å². The van der Waals surface area contributed by atoms with Gasteiger partial charge in [-0.1, -0.05) is 0 Å². The van der Waals surface area contributed by atoms with Crippen molar-refractivity contribution in [2.24, 2.45) is 7.05 Å². The van der Waals surface area contributed by atoms with Gasteiger partial charge in [0.25, 0.3) is 5.91 Å². The van der Waals surface area contributed by atoms with Crippen molar-refractivity contribution in [3.8, 4) is 5.75 Å². The van der Waals surface area contributed by atoms with Gasteiger partial charge >= 0.3 is 0 Å². The predicted octanol–water partition coefficient (Wildman–Crippen LogP) is 1.23. The maximum Gasteiger partial charge on any atom is 0.268 e. The largest absolute Gasteiger partial charge is 0.497 e. The van der Waals surface area contributed by atoms with Gasteiger partial charge in [0.15, 0.2) is 9.84 Å². The van der Waals surface area contributed by atoms with Crippen LogP contribution in [0, 0.1) is 0 Å². The van der Waals surface area contributed by atoms with E-state index >= 15 is 0 Å². The molecule has 0 unspecified atom stereocenters. The van der Waals surface area contributed by atoms with E-state index in [1.54, 1.807) is 24.8 Å². The fourth-order valence-electron chi connectivity index (χ4n) is 2.56. The van der Waals surface area contributed by atoms with Crippen LogP contribution in [0.1, 0.15) is 10.5 Å². The van der Waals surface area contributed by atoms with Gasteiger partial charge in [0.1, 0.15) is 11.4 Å². The van der Waals surface area contributed by atoms with E-state index in [-0.39, 0.29) is 11.7 Å². The van der Waals surface area contributed by atoms with Gasteiger partial charge in [0.05, 0.1) is 24.4 Å². The summed E-state index contributed by atoms with van der Waals surface area (Å²) in [5.41, 5.74) is 1.35. The number of fused-ring (bicyclic) bond motifs is 1. The highest BCUT2D eigenvalue weighted by molar-refractivity contribution is 7.94. The van der Waals surface area contributed by atoms with E-state index in [1.165, 1.54) is 6.08 Å². The van der Waals surface area contributed by atoms with Crippen LogP contribution >= 0.6 is 0 Å². The minimum atomic E-state index is -3.19. The predicted molar refractivity (Wildman–Crippen MR) is 83.7 cm³/mol. The van der Waals surface area contributed by atoms with Crippen molar-refractivity contribution in [3.63, 3.8) is 0 Å². The van der Waals surface area contributed by atoms with E-state index in [0.29, 0.717) is 11.4 Å². The summed E-state index contributed by atoms with van der Waals surface area (Å²) in [5, 5.41) is 4.79. The molecular formula is C15H16N2O4S. The second-order valence-corrected chi connectivity index (χ2v) is 7.18. The van der Waals surface area contributed by atoms with Crippen LogP contribution in [0.3, 0.4) is 0 Å². The number of hydrogen-bond acceptors (Lipinski definition) is 4. The van der Waals surface area contributed by atoms with Crippen LogP contribution in [0.15, 0.2) is 35.7 Å². The first-order chi connectivity index (χ1) is 10.4. The number of sulfone groups is 1. The van der Waals surface area contributed by atoms with Crippen LogP contribution in [0.5, 0.6) is 5.75 Å². The minimum Gasteiger partial charge on any atom is -0.497 e. The number of carbonyl (C=O) groups excluding carboxylic acids is 1. The molecule has 1 atom stereocenters. The fraction of sp³-hybridized carbons (Fsp3) is 0.267. The molecule has 0 bridgehead atoms. The quantitative estimate of drug-likeness (QED) is 0.922.